The van der Waals surface area contributed by atoms with E-state index in [4.69, 9.17) is 5.11 Å². The van der Waals surface area contributed by atoms with E-state index in [2.05, 4.69) is 26.8 Å². The Labute approximate surface area is 187 Å². The van der Waals surface area contributed by atoms with E-state index in [0.717, 1.165) is 38.5 Å². The van der Waals surface area contributed by atoms with Crippen LogP contribution in [-0.4, -0.2) is 56.6 Å². The number of fused-ring (bicyclic) bond motifs is 5. The number of aliphatic hydroxyl groups excluding tert-OH is 5. The van der Waals surface area contributed by atoms with Crippen LogP contribution in [0.4, 0.5) is 0 Å². The van der Waals surface area contributed by atoms with Crippen molar-refractivity contribution in [1.29, 1.82) is 0 Å². The van der Waals surface area contributed by atoms with Gasteiger partial charge in [0, 0.05) is 0 Å². The van der Waals surface area contributed by atoms with E-state index in [9.17, 15) is 20.4 Å². The fourth-order valence-corrected chi connectivity index (χ4v) is 8.55. The summed E-state index contributed by atoms with van der Waals surface area (Å²) >= 11 is 0. The minimum absolute atomic E-state index is 0.124. The molecule has 0 aromatic heterocycles. The van der Waals surface area contributed by atoms with Crippen LogP contribution in [0, 0.1) is 40.4 Å². The molecule has 0 spiro atoms. The molecule has 5 heteroatoms. The van der Waals surface area contributed by atoms with E-state index in [-0.39, 0.29) is 16.9 Å². The first-order valence-electron chi connectivity index (χ1n) is 12.7. The fourth-order valence-electron chi connectivity index (χ4n) is 8.55. The molecule has 0 aliphatic heterocycles. The second-order valence-electron chi connectivity index (χ2n) is 11.9. The van der Waals surface area contributed by atoms with Gasteiger partial charge in [0.2, 0.25) is 0 Å². The third-order valence-electron chi connectivity index (χ3n) is 10.4. The van der Waals surface area contributed by atoms with Crippen molar-refractivity contribution in [3.63, 3.8) is 0 Å². The van der Waals surface area contributed by atoms with Gasteiger partial charge in [0.1, 0.15) is 6.10 Å². The zero-order valence-corrected chi connectivity index (χ0v) is 19.6. The van der Waals surface area contributed by atoms with Crippen LogP contribution in [0.1, 0.15) is 78.6 Å². The smallest absolute Gasteiger partial charge is 0.103 e. The number of rotatable bonds is 6. The minimum Gasteiger partial charge on any atom is -0.394 e. The van der Waals surface area contributed by atoms with Gasteiger partial charge in [-0.15, -0.1) is 0 Å². The van der Waals surface area contributed by atoms with Crippen LogP contribution in [-0.2, 0) is 0 Å². The topological polar surface area (TPSA) is 101 Å². The van der Waals surface area contributed by atoms with E-state index in [1.165, 1.54) is 18.4 Å². The van der Waals surface area contributed by atoms with Crippen LogP contribution in [0.2, 0.25) is 0 Å². The Balaban J connectivity index is 1.50. The predicted molar refractivity (Wildman–Crippen MR) is 120 cm³/mol. The van der Waals surface area contributed by atoms with Crippen LogP contribution in [0.15, 0.2) is 11.6 Å². The third kappa shape index (κ3) is 3.93. The molecular formula is C26H44O5. The van der Waals surface area contributed by atoms with Crippen molar-refractivity contribution in [3.8, 4) is 0 Å². The molecule has 3 unspecified atom stereocenters. The molecule has 0 heterocycles. The maximum Gasteiger partial charge on any atom is 0.103 e. The summed E-state index contributed by atoms with van der Waals surface area (Å²) in [5.74, 6) is 2.34. The van der Waals surface area contributed by atoms with Crippen molar-refractivity contribution >= 4 is 0 Å². The Bertz CT molecular complexity index is 679. The van der Waals surface area contributed by atoms with Crippen LogP contribution in [0.5, 0.6) is 0 Å². The normalized spacial score (nSPS) is 47.5. The molecule has 3 saturated carbocycles. The number of aliphatic hydroxyl groups is 5. The van der Waals surface area contributed by atoms with E-state index >= 15 is 0 Å². The molecule has 4 rings (SSSR count). The molecular weight excluding hydrogens is 392 g/mol. The van der Waals surface area contributed by atoms with E-state index < -0.39 is 24.9 Å². The molecule has 5 nitrogen and oxygen atoms in total. The van der Waals surface area contributed by atoms with E-state index in [0.29, 0.717) is 36.0 Å². The average molecular weight is 437 g/mol. The molecule has 0 amide bonds. The van der Waals surface area contributed by atoms with Crippen LogP contribution in [0.25, 0.3) is 0 Å². The van der Waals surface area contributed by atoms with Crippen LogP contribution >= 0.6 is 0 Å². The summed E-state index contributed by atoms with van der Waals surface area (Å²) in [7, 11) is 0. The third-order valence-corrected chi connectivity index (χ3v) is 10.4. The summed E-state index contributed by atoms with van der Waals surface area (Å²) in [6.45, 7) is 6.71. The molecule has 3 fully saturated rings. The van der Waals surface area contributed by atoms with Gasteiger partial charge in [0.15, 0.2) is 0 Å². The Morgan fingerprint density at radius 1 is 0.968 bits per heavy atom. The monoisotopic (exact) mass is 436 g/mol. The number of hydrogen-bond donors (Lipinski definition) is 5. The summed E-state index contributed by atoms with van der Waals surface area (Å²) in [6.07, 6.45) is 8.19. The lowest BCUT2D eigenvalue weighted by Crippen LogP contribution is -2.55. The largest absolute Gasteiger partial charge is 0.394 e. The van der Waals surface area contributed by atoms with Gasteiger partial charge in [-0.2, -0.15) is 0 Å². The van der Waals surface area contributed by atoms with Gasteiger partial charge in [-0.25, -0.2) is 0 Å². The molecule has 0 saturated heterocycles. The number of hydrogen-bond acceptors (Lipinski definition) is 5. The van der Waals surface area contributed by atoms with Gasteiger partial charge >= 0.3 is 0 Å². The van der Waals surface area contributed by atoms with Crippen molar-refractivity contribution in [2.75, 3.05) is 6.61 Å². The summed E-state index contributed by atoms with van der Waals surface area (Å²) in [6, 6.07) is 0. The molecule has 31 heavy (non-hydrogen) atoms. The Morgan fingerprint density at radius 2 is 1.71 bits per heavy atom. The lowest BCUT2D eigenvalue weighted by atomic mass is 9.46. The molecule has 0 bridgehead atoms. The maximum absolute atomic E-state index is 11.3. The summed E-state index contributed by atoms with van der Waals surface area (Å²) < 4.78 is 0. The molecule has 4 aliphatic carbocycles. The van der Waals surface area contributed by atoms with Gasteiger partial charge < -0.3 is 25.5 Å². The van der Waals surface area contributed by atoms with Gasteiger partial charge in [-0.3, -0.25) is 0 Å². The van der Waals surface area contributed by atoms with E-state index in [1.54, 1.807) is 0 Å². The summed E-state index contributed by atoms with van der Waals surface area (Å²) in [4.78, 5) is 0. The summed E-state index contributed by atoms with van der Waals surface area (Å²) in [5.41, 5.74) is 1.62. The Hall–Kier alpha value is -0.460. The summed E-state index contributed by atoms with van der Waals surface area (Å²) in [5, 5.41) is 50.3. The molecule has 178 valence electrons. The lowest BCUT2D eigenvalue weighted by molar-refractivity contribution is -0.0977. The second-order valence-corrected chi connectivity index (χ2v) is 11.9. The van der Waals surface area contributed by atoms with Gasteiger partial charge in [0.05, 0.1) is 24.9 Å². The van der Waals surface area contributed by atoms with Crippen molar-refractivity contribution in [2.24, 2.45) is 40.4 Å². The first kappa shape index (κ1) is 23.7. The Kier molecular flexibility index (Phi) is 6.66. The zero-order chi connectivity index (χ0) is 22.6. The minimum atomic E-state index is -1.05. The van der Waals surface area contributed by atoms with Crippen LogP contribution < -0.4 is 0 Å². The quantitative estimate of drug-likeness (QED) is 0.412. The van der Waals surface area contributed by atoms with Crippen molar-refractivity contribution < 1.29 is 25.5 Å². The first-order chi connectivity index (χ1) is 14.6. The van der Waals surface area contributed by atoms with Gasteiger partial charge in [0.25, 0.3) is 0 Å². The zero-order valence-electron chi connectivity index (χ0n) is 19.6. The molecule has 5 N–H and O–H groups in total. The fraction of sp³-hybridized carbons (Fsp3) is 0.923. The van der Waals surface area contributed by atoms with Crippen molar-refractivity contribution in [3.05, 3.63) is 11.6 Å². The standard InChI is InChI=1S/C26H44O5/c1-15(4-7-21(29)23(31)14-27)18-5-6-19-24-20(9-11-26(18,19)3)25(2)10-8-17(28)12-16(25)13-22(24)30/h13,15,17-24,27-31H,4-12,14H2,1-3H3/t15-,17+,18-,19?,20?,21+,22-,23+,24?,25+,26-/m1/s1. The average Bonchev–Trinajstić information content (AvgIpc) is 3.09. The predicted octanol–water partition coefficient (Wildman–Crippen LogP) is 3.03. The van der Waals surface area contributed by atoms with E-state index in [1.807, 2.05) is 0 Å². The molecule has 11 atom stereocenters. The van der Waals surface area contributed by atoms with Gasteiger partial charge in [-0.05, 0) is 98.2 Å². The molecule has 0 radical (unpaired) electrons. The van der Waals surface area contributed by atoms with Crippen molar-refractivity contribution in [1.82, 2.24) is 0 Å². The molecule has 0 aromatic carbocycles. The SMILES string of the molecule is C[C@H](CC[C@H](O)[C@@H](O)CO)[C@H]1CCC2C3C(CC[C@@]21C)[C@@]1(C)CC[C@H](O)CC1=C[C@H]3O. The highest BCUT2D eigenvalue weighted by molar-refractivity contribution is 5.27. The first-order valence-corrected chi connectivity index (χ1v) is 12.7. The van der Waals surface area contributed by atoms with Gasteiger partial charge in [-0.1, -0.05) is 32.4 Å². The molecule has 0 aromatic rings. The highest BCUT2D eigenvalue weighted by Gasteiger charge is 2.61. The van der Waals surface area contributed by atoms with Crippen molar-refractivity contribution in [2.45, 2.75) is 103 Å². The second kappa shape index (κ2) is 8.72. The van der Waals surface area contributed by atoms with Crippen LogP contribution in [0.3, 0.4) is 0 Å². The maximum atomic E-state index is 11.3. The Morgan fingerprint density at radius 3 is 2.42 bits per heavy atom. The lowest BCUT2D eigenvalue weighted by Gasteiger charge is -2.59. The highest BCUT2D eigenvalue weighted by Crippen LogP contribution is 2.67. The molecule has 4 aliphatic rings. The highest BCUT2D eigenvalue weighted by atomic mass is 16.4.